The van der Waals surface area contributed by atoms with E-state index in [9.17, 15) is 14.1 Å². The molecule has 4 nitrogen and oxygen atoms in total. The van der Waals surface area contributed by atoms with Crippen molar-refractivity contribution in [1.29, 1.82) is 0 Å². The number of ether oxygens (including phenoxy) is 1. The summed E-state index contributed by atoms with van der Waals surface area (Å²) in [6.07, 6.45) is 2.21. The quantitative estimate of drug-likeness (QED) is 0.541. The molecule has 1 aliphatic heterocycles. The van der Waals surface area contributed by atoms with Crippen LogP contribution in [0.15, 0.2) is 40.6 Å². The molecule has 1 saturated heterocycles. The number of halogens is 2. The van der Waals surface area contributed by atoms with Crippen molar-refractivity contribution in [1.82, 2.24) is 5.12 Å². The summed E-state index contributed by atoms with van der Waals surface area (Å²) in [5, 5.41) is 1.05. The first-order chi connectivity index (χ1) is 11.5. The number of imide groups is 1. The van der Waals surface area contributed by atoms with E-state index in [4.69, 9.17) is 16.3 Å². The number of thioether (sulfide) groups is 1. The normalized spacial score (nSPS) is 16.2. The van der Waals surface area contributed by atoms with Crippen molar-refractivity contribution in [3.8, 4) is 5.75 Å². The minimum atomic E-state index is -0.961. The monoisotopic (exact) mass is 383 g/mol. The van der Waals surface area contributed by atoms with E-state index in [2.05, 4.69) is 0 Å². The first kappa shape index (κ1) is 17.0. The third-order valence-electron chi connectivity index (χ3n) is 3.19. The molecule has 2 aromatic rings. The van der Waals surface area contributed by atoms with Gasteiger partial charge in [0.2, 0.25) is 0 Å². The van der Waals surface area contributed by atoms with E-state index in [0.29, 0.717) is 34.7 Å². The predicted molar refractivity (Wildman–Crippen MR) is 93.9 cm³/mol. The topological polar surface area (TPSA) is 46.6 Å². The third kappa shape index (κ3) is 3.80. The number of nitrogens with zero attached hydrogens (tertiary/aromatic N) is 1. The highest BCUT2D eigenvalue weighted by Crippen LogP contribution is 2.33. The molecule has 0 radical (unpaired) electrons. The zero-order valence-corrected chi connectivity index (χ0v) is 14.6. The first-order valence-corrected chi connectivity index (χ1v) is 9.00. The highest BCUT2D eigenvalue weighted by Gasteiger charge is 2.35. The average Bonchev–Trinajstić information content (AvgIpc) is 3.15. The number of thiophene rings is 1. The maximum absolute atomic E-state index is 13.1. The van der Waals surface area contributed by atoms with Crippen molar-refractivity contribution >= 4 is 51.9 Å². The number of carbonyl (C=O) groups excluding carboxylic acids is 2. The highest BCUT2D eigenvalue weighted by molar-refractivity contribution is 8.18. The number of hydrogen-bond acceptors (Lipinski definition) is 5. The summed E-state index contributed by atoms with van der Waals surface area (Å²) in [4.78, 5) is 23.9. The van der Waals surface area contributed by atoms with E-state index in [1.165, 1.54) is 11.0 Å². The first-order valence-electron chi connectivity index (χ1n) is 6.93. The van der Waals surface area contributed by atoms with Gasteiger partial charge in [-0.1, -0.05) is 33.3 Å². The minimum absolute atomic E-state index is 0.0185. The molecule has 1 aromatic carbocycles. The van der Waals surface area contributed by atoms with Gasteiger partial charge in [-0.05, 0) is 47.0 Å². The van der Waals surface area contributed by atoms with Gasteiger partial charge in [0.15, 0.2) is 0 Å². The molecule has 0 bridgehead atoms. The summed E-state index contributed by atoms with van der Waals surface area (Å²) in [6, 6.07) is 9.01. The van der Waals surface area contributed by atoms with Crippen molar-refractivity contribution in [2.75, 3.05) is 6.61 Å². The summed E-state index contributed by atoms with van der Waals surface area (Å²) in [5.41, 5.74) is 0.588. The number of rotatable bonds is 5. The van der Waals surface area contributed by atoms with Gasteiger partial charge in [-0.2, -0.15) is 0 Å². The molecular weight excluding hydrogens is 373 g/mol. The van der Waals surface area contributed by atoms with Crippen LogP contribution in [0, 0.1) is 0 Å². The van der Waals surface area contributed by atoms with Crippen molar-refractivity contribution in [3.63, 3.8) is 0 Å². The lowest BCUT2D eigenvalue weighted by Crippen LogP contribution is -2.17. The third-order valence-corrected chi connectivity index (χ3v) is 5.27. The molecule has 0 unspecified atom stereocenters. The Kier molecular flexibility index (Phi) is 5.23. The molecule has 24 heavy (non-hydrogen) atoms. The molecule has 1 aromatic heterocycles. The van der Waals surface area contributed by atoms with Gasteiger partial charge >= 0.3 is 5.24 Å². The van der Waals surface area contributed by atoms with Crippen LogP contribution in [0.3, 0.4) is 0 Å². The fraction of sp³-hybridized carbons (Fsp3) is 0.125. The zero-order valence-electron chi connectivity index (χ0n) is 12.2. The average molecular weight is 384 g/mol. The Labute approximate surface area is 150 Å². The van der Waals surface area contributed by atoms with Crippen molar-refractivity contribution < 1.29 is 18.8 Å². The van der Waals surface area contributed by atoms with E-state index >= 15 is 0 Å². The smallest absolute Gasteiger partial charge is 0.322 e. The second kappa shape index (κ2) is 7.38. The highest BCUT2D eigenvalue weighted by atomic mass is 35.5. The molecule has 8 heteroatoms. The summed E-state index contributed by atoms with van der Waals surface area (Å²) in [6.45, 7) is 0.500. The fourth-order valence-electron chi connectivity index (χ4n) is 2.04. The van der Waals surface area contributed by atoms with Crippen LogP contribution in [0.2, 0.25) is 5.02 Å². The summed E-state index contributed by atoms with van der Waals surface area (Å²) in [5.74, 6) is -0.429. The van der Waals surface area contributed by atoms with Gasteiger partial charge < -0.3 is 4.74 Å². The maximum Gasteiger partial charge on any atom is 0.322 e. The number of amides is 2. The molecule has 0 saturated carbocycles. The Morgan fingerprint density at radius 3 is 2.75 bits per heavy atom. The van der Waals surface area contributed by atoms with Crippen LogP contribution in [-0.2, 0) is 11.2 Å². The molecule has 1 fully saturated rings. The van der Waals surface area contributed by atoms with Crippen molar-refractivity contribution in [3.05, 3.63) is 56.1 Å². The van der Waals surface area contributed by atoms with Crippen LogP contribution in [0.1, 0.15) is 10.4 Å². The van der Waals surface area contributed by atoms with Gasteiger partial charge in [-0.25, -0.2) is 0 Å². The summed E-state index contributed by atoms with van der Waals surface area (Å²) in [7, 11) is 0. The molecule has 3 rings (SSSR count). The number of benzene rings is 1. The van der Waals surface area contributed by atoms with Gasteiger partial charge in [0.25, 0.3) is 5.91 Å². The Bertz CT molecular complexity index is 808. The SMILES string of the molecule is O=C1S/C(=C\c2ccc(OCCc3cccs3)c(Cl)c2)C(=O)N1F. The minimum Gasteiger partial charge on any atom is -0.492 e. The second-order valence-electron chi connectivity index (χ2n) is 4.83. The number of hydrogen-bond donors (Lipinski definition) is 0. The molecule has 0 atom stereocenters. The van der Waals surface area contributed by atoms with E-state index in [-0.39, 0.29) is 4.91 Å². The van der Waals surface area contributed by atoms with Crippen LogP contribution >= 0.6 is 34.7 Å². The molecule has 0 N–H and O–H groups in total. The van der Waals surface area contributed by atoms with Crippen LogP contribution in [-0.4, -0.2) is 22.9 Å². The van der Waals surface area contributed by atoms with Gasteiger partial charge in [0, 0.05) is 11.3 Å². The molecule has 2 heterocycles. The lowest BCUT2D eigenvalue weighted by Gasteiger charge is -2.08. The Hall–Kier alpha value is -1.83. The molecule has 0 spiro atoms. The van der Waals surface area contributed by atoms with Gasteiger partial charge in [-0.3, -0.25) is 9.59 Å². The van der Waals surface area contributed by atoms with E-state index in [1.54, 1.807) is 29.5 Å². The standard InChI is InChI=1S/C16H11ClFNO3S2/c17-12-8-10(9-14-15(20)19(18)16(21)24-14)3-4-13(12)22-6-5-11-2-1-7-23-11/h1-4,7-9H,5-6H2/b14-9-. The largest absolute Gasteiger partial charge is 0.492 e. The van der Waals surface area contributed by atoms with Crippen LogP contribution < -0.4 is 4.74 Å². The van der Waals surface area contributed by atoms with E-state index in [0.717, 1.165) is 6.42 Å². The Morgan fingerprint density at radius 2 is 2.12 bits per heavy atom. The van der Waals surface area contributed by atoms with Crippen molar-refractivity contribution in [2.24, 2.45) is 0 Å². The Balaban J connectivity index is 1.66. The molecule has 0 aliphatic carbocycles. The molecule has 124 valence electrons. The molecule has 2 amide bonds. The maximum atomic E-state index is 13.1. The van der Waals surface area contributed by atoms with Gasteiger partial charge in [0.05, 0.1) is 16.5 Å². The summed E-state index contributed by atoms with van der Waals surface area (Å²) >= 11 is 8.39. The number of carbonyl (C=O) groups is 2. The molecule has 1 aliphatic rings. The van der Waals surface area contributed by atoms with Crippen LogP contribution in [0.4, 0.5) is 9.28 Å². The van der Waals surface area contributed by atoms with Crippen LogP contribution in [0.5, 0.6) is 5.75 Å². The predicted octanol–water partition coefficient (Wildman–Crippen LogP) is 4.94. The van der Waals surface area contributed by atoms with E-state index < -0.39 is 16.3 Å². The van der Waals surface area contributed by atoms with E-state index in [1.807, 2.05) is 17.5 Å². The van der Waals surface area contributed by atoms with Gasteiger partial charge in [0.1, 0.15) is 5.75 Å². The lowest BCUT2D eigenvalue weighted by atomic mass is 10.2. The van der Waals surface area contributed by atoms with Crippen molar-refractivity contribution in [2.45, 2.75) is 6.42 Å². The molecular formula is C16H11ClFNO3S2. The second-order valence-corrected chi connectivity index (χ2v) is 7.26. The lowest BCUT2D eigenvalue weighted by molar-refractivity contribution is -0.132. The zero-order chi connectivity index (χ0) is 17.1. The summed E-state index contributed by atoms with van der Waals surface area (Å²) < 4.78 is 18.7. The fourth-order valence-corrected chi connectivity index (χ4v) is 3.69. The van der Waals surface area contributed by atoms with Gasteiger partial charge in [-0.15, -0.1) is 11.3 Å². The van der Waals surface area contributed by atoms with Crippen LogP contribution in [0.25, 0.3) is 6.08 Å². The Morgan fingerprint density at radius 1 is 1.29 bits per heavy atom.